The number of carboxylic acid groups (broad SMARTS) is 2. The van der Waals surface area contributed by atoms with E-state index in [0.29, 0.717) is 0 Å². The molecule has 0 unspecified atom stereocenters. The minimum absolute atomic E-state index is 1.15. The minimum atomic E-state index is -1.59. The van der Waals surface area contributed by atoms with Gasteiger partial charge in [-0.25, -0.2) is 0 Å². The lowest BCUT2D eigenvalue weighted by atomic mass is 10.0. The zero-order valence-corrected chi connectivity index (χ0v) is 5.37. The molecule has 0 radical (unpaired) electrons. The molecule has 0 saturated heterocycles. The maximum Gasteiger partial charge on any atom is 0.0588 e. The van der Waals surface area contributed by atoms with Crippen LogP contribution in [0.25, 0.3) is 0 Å². The van der Waals surface area contributed by atoms with Crippen molar-refractivity contribution in [3.63, 3.8) is 0 Å². The van der Waals surface area contributed by atoms with Crippen LogP contribution in [0, 0.1) is 5.92 Å². The molecule has 58 valence electrons. The number of carbonyl (C=O) groups is 2. The van der Waals surface area contributed by atoms with Crippen LogP contribution in [0.4, 0.5) is 0 Å². The summed E-state index contributed by atoms with van der Waals surface area (Å²) in [6.07, 6.45) is 0. The number of hydrogen-bond acceptors (Lipinski definition) is 5. The molecule has 5 heteroatoms. The van der Waals surface area contributed by atoms with Crippen molar-refractivity contribution in [3.05, 3.63) is 0 Å². The number of carboxylic acids is 2. The second kappa shape index (κ2) is 3.17. The second-order valence-electron chi connectivity index (χ2n) is 1.95. The van der Waals surface area contributed by atoms with E-state index in [1.165, 1.54) is 0 Å². The van der Waals surface area contributed by atoms with Crippen LogP contribution >= 0.6 is 0 Å². The van der Waals surface area contributed by atoms with Gasteiger partial charge in [0.25, 0.3) is 0 Å². The molecule has 0 aliphatic heterocycles. The van der Waals surface area contributed by atoms with Gasteiger partial charge in [-0.3, -0.25) is 0 Å². The largest absolute Gasteiger partial charge is 0.550 e. The van der Waals surface area contributed by atoms with Gasteiger partial charge in [0, 0.05) is 11.9 Å². The highest BCUT2D eigenvalue weighted by Gasteiger charge is 2.13. The summed E-state index contributed by atoms with van der Waals surface area (Å²) >= 11 is 0. The van der Waals surface area contributed by atoms with Gasteiger partial charge in [-0.1, -0.05) is 6.92 Å². The quantitative estimate of drug-likeness (QED) is 0.442. The molecular formula is C5H7NO4-2. The first-order valence-electron chi connectivity index (χ1n) is 2.64. The Bertz CT molecular complexity index is 138. The van der Waals surface area contributed by atoms with Crippen LogP contribution in [0.3, 0.4) is 0 Å². The third kappa shape index (κ3) is 2.02. The van der Waals surface area contributed by atoms with Crippen molar-refractivity contribution in [2.45, 2.75) is 13.0 Å². The third-order valence-corrected chi connectivity index (χ3v) is 1.18. The predicted molar refractivity (Wildman–Crippen MR) is 27.2 cm³/mol. The molecule has 0 aliphatic rings. The van der Waals surface area contributed by atoms with Gasteiger partial charge in [0.05, 0.1) is 12.0 Å². The fourth-order valence-corrected chi connectivity index (χ4v) is 0.351. The number of carbonyl (C=O) groups excluding carboxylic acids is 2. The summed E-state index contributed by atoms with van der Waals surface area (Å²) in [4.78, 5) is 19.9. The Balaban J connectivity index is 4.07. The summed E-state index contributed by atoms with van der Waals surface area (Å²) in [6, 6.07) is -1.50. The Morgan fingerprint density at radius 2 is 1.70 bits per heavy atom. The van der Waals surface area contributed by atoms with E-state index in [4.69, 9.17) is 5.73 Å². The van der Waals surface area contributed by atoms with Gasteiger partial charge >= 0.3 is 0 Å². The summed E-state index contributed by atoms with van der Waals surface area (Å²) in [5.41, 5.74) is 4.88. The molecule has 0 aromatic heterocycles. The molecule has 0 rings (SSSR count). The van der Waals surface area contributed by atoms with Crippen molar-refractivity contribution in [3.8, 4) is 0 Å². The standard InChI is InChI=1S/C5H9NO4/c1-2(4(7)8)3(6)5(9)10/h2-3H,6H2,1H3,(H,7,8)(H,9,10)/p-2/t2-,3-/m0/s1. The highest BCUT2D eigenvalue weighted by atomic mass is 16.4. The van der Waals surface area contributed by atoms with Crippen LogP contribution in [0.5, 0.6) is 0 Å². The number of aliphatic carboxylic acids is 2. The molecule has 0 aromatic rings. The van der Waals surface area contributed by atoms with Gasteiger partial charge in [0.2, 0.25) is 0 Å². The Morgan fingerprint density at radius 3 is 1.80 bits per heavy atom. The second-order valence-corrected chi connectivity index (χ2v) is 1.95. The Kier molecular flexibility index (Phi) is 2.82. The number of nitrogens with two attached hydrogens (primary N) is 1. The lowest BCUT2D eigenvalue weighted by Gasteiger charge is -2.20. The molecule has 0 amide bonds. The van der Waals surface area contributed by atoms with Gasteiger partial charge in [-0.15, -0.1) is 0 Å². The fourth-order valence-electron chi connectivity index (χ4n) is 0.351. The minimum Gasteiger partial charge on any atom is -0.550 e. The molecule has 0 spiro atoms. The summed E-state index contributed by atoms with van der Waals surface area (Å²) in [5.74, 6) is -4.29. The molecule has 5 nitrogen and oxygen atoms in total. The van der Waals surface area contributed by atoms with Crippen LogP contribution in [0.1, 0.15) is 6.92 Å². The normalized spacial score (nSPS) is 15.8. The van der Waals surface area contributed by atoms with Gasteiger partial charge in [-0.05, 0) is 0 Å². The van der Waals surface area contributed by atoms with Crippen molar-refractivity contribution in [1.82, 2.24) is 0 Å². The van der Waals surface area contributed by atoms with Crippen LogP contribution in [-0.2, 0) is 9.59 Å². The van der Waals surface area contributed by atoms with Crippen molar-refractivity contribution in [1.29, 1.82) is 0 Å². The zero-order chi connectivity index (χ0) is 8.31. The first-order chi connectivity index (χ1) is 4.46. The number of hydrogen-bond donors (Lipinski definition) is 1. The summed E-state index contributed by atoms with van der Waals surface area (Å²) in [5, 5.41) is 19.9. The first-order valence-corrected chi connectivity index (χ1v) is 2.64. The van der Waals surface area contributed by atoms with Crippen LogP contribution in [0.2, 0.25) is 0 Å². The van der Waals surface area contributed by atoms with Crippen LogP contribution < -0.4 is 15.9 Å². The van der Waals surface area contributed by atoms with Gasteiger partial charge in [-0.2, -0.15) is 0 Å². The van der Waals surface area contributed by atoms with Crippen LogP contribution in [0.15, 0.2) is 0 Å². The van der Waals surface area contributed by atoms with Gasteiger partial charge < -0.3 is 25.5 Å². The maximum absolute atomic E-state index is 9.96. The average Bonchev–Trinajstić information content (AvgIpc) is 1.84. The van der Waals surface area contributed by atoms with Crippen molar-refractivity contribution in [2.75, 3.05) is 0 Å². The SMILES string of the molecule is C[C@H](C(=O)[O-])[C@H](N)C(=O)[O-]. The van der Waals surface area contributed by atoms with E-state index in [1.807, 2.05) is 0 Å². The van der Waals surface area contributed by atoms with Crippen molar-refractivity contribution < 1.29 is 19.8 Å². The molecule has 0 aromatic carbocycles. The summed E-state index contributed by atoms with van der Waals surface area (Å²) < 4.78 is 0. The molecule has 0 saturated carbocycles. The van der Waals surface area contributed by atoms with E-state index in [1.54, 1.807) is 0 Å². The van der Waals surface area contributed by atoms with Crippen molar-refractivity contribution in [2.24, 2.45) is 11.7 Å². The molecule has 2 N–H and O–H groups in total. The smallest absolute Gasteiger partial charge is 0.0588 e. The third-order valence-electron chi connectivity index (χ3n) is 1.18. The Morgan fingerprint density at radius 1 is 1.30 bits per heavy atom. The lowest BCUT2D eigenvalue weighted by Crippen LogP contribution is -2.51. The highest BCUT2D eigenvalue weighted by molar-refractivity contribution is 5.79. The first kappa shape index (κ1) is 8.90. The van der Waals surface area contributed by atoms with E-state index in [9.17, 15) is 19.8 Å². The van der Waals surface area contributed by atoms with Crippen LogP contribution in [-0.4, -0.2) is 18.0 Å². The van der Waals surface area contributed by atoms with Gasteiger partial charge in [0.1, 0.15) is 0 Å². The highest BCUT2D eigenvalue weighted by Crippen LogP contribution is 1.96. The molecule has 10 heavy (non-hydrogen) atoms. The molecule has 0 heterocycles. The number of rotatable bonds is 3. The molecule has 0 aliphatic carbocycles. The lowest BCUT2D eigenvalue weighted by molar-refractivity contribution is -0.321. The van der Waals surface area contributed by atoms with E-state index in [0.717, 1.165) is 6.92 Å². The van der Waals surface area contributed by atoms with E-state index >= 15 is 0 Å². The molecule has 0 fully saturated rings. The van der Waals surface area contributed by atoms with E-state index in [-0.39, 0.29) is 0 Å². The Labute approximate surface area is 57.5 Å². The van der Waals surface area contributed by atoms with Crippen molar-refractivity contribution >= 4 is 11.9 Å². The summed E-state index contributed by atoms with van der Waals surface area (Å²) in [6.45, 7) is 1.15. The molecule has 2 atom stereocenters. The molecular weight excluding hydrogens is 138 g/mol. The Hall–Kier alpha value is -1.10. The summed E-state index contributed by atoms with van der Waals surface area (Å²) in [7, 11) is 0. The predicted octanol–water partition coefficient (Wildman–Crippen LogP) is -3.55. The fraction of sp³-hybridized carbons (Fsp3) is 0.600. The van der Waals surface area contributed by atoms with Gasteiger partial charge in [0.15, 0.2) is 0 Å². The van der Waals surface area contributed by atoms with E-state index in [2.05, 4.69) is 0 Å². The monoisotopic (exact) mass is 145 g/mol. The molecule has 0 bridgehead atoms. The zero-order valence-electron chi connectivity index (χ0n) is 5.37. The topological polar surface area (TPSA) is 106 Å². The van der Waals surface area contributed by atoms with E-state index < -0.39 is 23.9 Å². The average molecular weight is 145 g/mol. The maximum atomic E-state index is 9.96.